The summed E-state index contributed by atoms with van der Waals surface area (Å²) in [6.07, 6.45) is -1.23. The Morgan fingerprint density at radius 1 is 1.30 bits per heavy atom. The molecule has 4 heteroatoms. The van der Waals surface area contributed by atoms with Crippen LogP contribution in [0.4, 0.5) is 0 Å². The van der Waals surface area contributed by atoms with E-state index in [1.807, 2.05) is 30.3 Å². The number of hydrogen-bond donors (Lipinski definition) is 1. The van der Waals surface area contributed by atoms with Crippen molar-refractivity contribution in [1.29, 1.82) is 0 Å². The number of ether oxygens (including phenoxy) is 2. The van der Waals surface area contributed by atoms with E-state index in [1.54, 1.807) is 13.8 Å². The standard InChI is InChI=1S/C16H22O4/c1-11(12(2)16(18)19-4)15(17)13(3)20-10-14-8-6-5-7-9-14/h5-9,11,13,15,17H,2,10H2,1,3-4H3/t11-,13+,15-/m0/s1. The predicted octanol–water partition coefficient (Wildman–Crippen LogP) is 2.32. The molecule has 0 radical (unpaired) electrons. The average Bonchev–Trinajstić information content (AvgIpc) is 2.50. The van der Waals surface area contributed by atoms with Crippen LogP contribution < -0.4 is 0 Å². The van der Waals surface area contributed by atoms with E-state index in [2.05, 4.69) is 11.3 Å². The molecule has 4 nitrogen and oxygen atoms in total. The van der Waals surface area contributed by atoms with Crippen molar-refractivity contribution >= 4 is 5.97 Å². The first kappa shape index (κ1) is 16.4. The molecule has 0 aliphatic heterocycles. The van der Waals surface area contributed by atoms with Crippen LogP contribution in [0.5, 0.6) is 0 Å². The Bertz CT molecular complexity index is 441. The van der Waals surface area contributed by atoms with Crippen LogP contribution in [0.2, 0.25) is 0 Å². The van der Waals surface area contributed by atoms with Crippen LogP contribution in [-0.2, 0) is 20.9 Å². The number of benzene rings is 1. The summed E-state index contributed by atoms with van der Waals surface area (Å²) >= 11 is 0. The first-order valence-corrected chi connectivity index (χ1v) is 6.58. The first-order chi connectivity index (χ1) is 9.47. The van der Waals surface area contributed by atoms with Crippen molar-refractivity contribution < 1.29 is 19.4 Å². The maximum atomic E-state index is 11.4. The summed E-state index contributed by atoms with van der Waals surface area (Å²) in [5, 5.41) is 10.2. The number of aliphatic hydroxyl groups is 1. The Labute approximate surface area is 120 Å². The lowest BCUT2D eigenvalue weighted by atomic mass is 9.93. The number of rotatable bonds is 7. The second-order valence-corrected chi connectivity index (χ2v) is 4.80. The van der Waals surface area contributed by atoms with Gasteiger partial charge in [0.15, 0.2) is 0 Å². The first-order valence-electron chi connectivity index (χ1n) is 6.58. The summed E-state index contributed by atoms with van der Waals surface area (Å²) in [7, 11) is 1.29. The molecule has 0 fully saturated rings. The maximum absolute atomic E-state index is 11.4. The minimum atomic E-state index is -0.815. The van der Waals surface area contributed by atoms with E-state index < -0.39 is 24.1 Å². The van der Waals surface area contributed by atoms with Crippen molar-refractivity contribution in [3.63, 3.8) is 0 Å². The van der Waals surface area contributed by atoms with Gasteiger partial charge in [0.25, 0.3) is 0 Å². The third kappa shape index (κ3) is 4.47. The fraction of sp³-hybridized carbons (Fsp3) is 0.438. The summed E-state index contributed by atoms with van der Waals surface area (Å²) < 4.78 is 10.2. The fourth-order valence-corrected chi connectivity index (χ4v) is 1.83. The summed E-state index contributed by atoms with van der Waals surface area (Å²) in [6.45, 7) is 7.57. The molecule has 0 aliphatic rings. The van der Waals surface area contributed by atoms with Crippen LogP contribution in [0.1, 0.15) is 19.4 Å². The zero-order valence-corrected chi connectivity index (χ0v) is 12.2. The normalized spacial score (nSPS) is 15.2. The van der Waals surface area contributed by atoms with Gasteiger partial charge in [-0.1, -0.05) is 43.8 Å². The minimum Gasteiger partial charge on any atom is -0.466 e. The summed E-state index contributed by atoms with van der Waals surface area (Å²) in [5.74, 6) is -0.931. The summed E-state index contributed by atoms with van der Waals surface area (Å²) in [6, 6.07) is 9.71. The van der Waals surface area contributed by atoms with Gasteiger partial charge in [-0.3, -0.25) is 0 Å². The van der Waals surface area contributed by atoms with Crippen molar-refractivity contribution in [3.05, 3.63) is 48.0 Å². The number of hydrogen-bond acceptors (Lipinski definition) is 4. The monoisotopic (exact) mass is 278 g/mol. The highest BCUT2D eigenvalue weighted by atomic mass is 16.5. The molecule has 1 N–H and O–H groups in total. The second-order valence-electron chi connectivity index (χ2n) is 4.80. The van der Waals surface area contributed by atoms with Gasteiger partial charge >= 0.3 is 5.97 Å². The van der Waals surface area contributed by atoms with E-state index >= 15 is 0 Å². The predicted molar refractivity (Wildman–Crippen MR) is 77.0 cm³/mol. The maximum Gasteiger partial charge on any atom is 0.333 e. The fourth-order valence-electron chi connectivity index (χ4n) is 1.83. The SMILES string of the molecule is C=C(C(=O)OC)[C@H](C)[C@H](O)[C@@H](C)OCc1ccccc1. The van der Waals surface area contributed by atoms with E-state index in [1.165, 1.54) is 7.11 Å². The van der Waals surface area contributed by atoms with Crippen molar-refractivity contribution in [3.8, 4) is 0 Å². The zero-order valence-electron chi connectivity index (χ0n) is 12.2. The number of methoxy groups -OCH3 is 1. The van der Waals surface area contributed by atoms with Crippen LogP contribution in [-0.4, -0.2) is 30.4 Å². The van der Waals surface area contributed by atoms with Gasteiger partial charge < -0.3 is 14.6 Å². The van der Waals surface area contributed by atoms with Gasteiger partial charge in [-0.15, -0.1) is 0 Å². The quantitative estimate of drug-likeness (QED) is 0.614. The van der Waals surface area contributed by atoms with Crippen LogP contribution in [0, 0.1) is 5.92 Å². The Hall–Kier alpha value is -1.65. The molecular weight excluding hydrogens is 256 g/mol. The third-order valence-electron chi connectivity index (χ3n) is 3.35. The van der Waals surface area contributed by atoms with Gasteiger partial charge in [0, 0.05) is 11.5 Å². The number of esters is 1. The molecule has 20 heavy (non-hydrogen) atoms. The smallest absolute Gasteiger partial charge is 0.333 e. The van der Waals surface area contributed by atoms with Crippen LogP contribution in [0.3, 0.4) is 0 Å². The van der Waals surface area contributed by atoms with Crippen LogP contribution >= 0.6 is 0 Å². The number of carbonyl (C=O) groups excluding carboxylic acids is 1. The van der Waals surface area contributed by atoms with E-state index in [4.69, 9.17) is 4.74 Å². The zero-order chi connectivity index (χ0) is 15.1. The van der Waals surface area contributed by atoms with E-state index in [9.17, 15) is 9.90 Å². The van der Waals surface area contributed by atoms with Gasteiger partial charge in [0.1, 0.15) is 0 Å². The highest BCUT2D eigenvalue weighted by Gasteiger charge is 2.27. The Balaban J connectivity index is 2.52. The Morgan fingerprint density at radius 3 is 2.45 bits per heavy atom. The lowest BCUT2D eigenvalue weighted by molar-refractivity contribution is -0.137. The minimum absolute atomic E-state index is 0.246. The topological polar surface area (TPSA) is 55.8 Å². The molecule has 0 saturated heterocycles. The number of carbonyl (C=O) groups is 1. The van der Waals surface area contributed by atoms with Gasteiger partial charge in [-0.05, 0) is 12.5 Å². The van der Waals surface area contributed by atoms with Crippen molar-refractivity contribution in [1.82, 2.24) is 0 Å². The molecule has 110 valence electrons. The number of aliphatic hydroxyl groups excluding tert-OH is 1. The molecule has 0 aromatic heterocycles. The molecule has 0 heterocycles. The van der Waals surface area contributed by atoms with Gasteiger partial charge in [0.05, 0.1) is 25.9 Å². The molecule has 0 aliphatic carbocycles. The Morgan fingerprint density at radius 2 is 1.90 bits per heavy atom. The second kappa shape index (κ2) is 7.82. The molecule has 0 unspecified atom stereocenters. The average molecular weight is 278 g/mol. The van der Waals surface area contributed by atoms with Gasteiger partial charge in [0.2, 0.25) is 0 Å². The van der Waals surface area contributed by atoms with Crippen LogP contribution in [0.25, 0.3) is 0 Å². The summed E-state index contributed by atoms with van der Waals surface area (Å²) in [4.78, 5) is 11.4. The molecule has 0 saturated carbocycles. The molecule has 1 aromatic carbocycles. The lowest BCUT2D eigenvalue weighted by Gasteiger charge is -2.25. The summed E-state index contributed by atoms with van der Waals surface area (Å²) in [5.41, 5.74) is 1.28. The Kier molecular flexibility index (Phi) is 6.42. The van der Waals surface area contributed by atoms with E-state index in [0.717, 1.165) is 5.56 Å². The third-order valence-corrected chi connectivity index (χ3v) is 3.35. The molecule has 3 atom stereocenters. The van der Waals surface area contributed by atoms with Gasteiger partial charge in [-0.25, -0.2) is 4.79 Å². The molecule has 0 spiro atoms. The van der Waals surface area contributed by atoms with Crippen molar-refractivity contribution in [2.45, 2.75) is 32.7 Å². The lowest BCUT2D eigenvalue weighted by Crippen LogP contribution is -2.34. The molecule has 0 amide bonds. The van der Waals surface area contributed by atoms with E-state index in [-0.39, 0.29) is 5.57 Å². The van der Waals surface area contributed by atoms with Crippen molar-refractivity contribution in [2.75, 3.05) is 7.11 Å². The molecule has 1 aromatic rings. The van der Waals surface area contributed by atoms with Crippen LogP contribution in [0.15, 0.2) is 42.5 Å². The van der Waals surface area contributed by atoms with E-state index in [0.29, 0.717) is 6.61 Å². The molecular formula is C16H22O4. The van der Waals surface area contributed by atoms with Crippen molar-refractivity contribution in [2.24, 2.45) is 5.92 Å². The van der Waals surface area contributed by atoms with Gasteiger partial charge in [-0.2, -0.15) is 0 Å². The molecule has 1 rings (SSSR count). The largest absolute Gasteiger partial charge is 0.466 e. The highest BCUT2D eigenvalue weighted by Crippen LogP contribution is 2.19. The highest BCUT2D eigenvalue weighted by molar-refractivity contribution is 5.88. The molecule has 0 bridgehead atoms.